The number of nitrogens with zero attached hydrogens (tertiary/aromatic N) is 2. The molecular weight excluding hydrogens is 242 g/mol. The summed E-state index contributed by atoms with van der Waals surface area (Å²) in [4.78, 5) is 17.9. The lowest BCUT2D eigenvalue weighted by Gasteiger charge is -2.37. The van der Waals surface area contributed by atoms with Gasteiger partial charge in [-0.15, -0.1) is 0 Å². The normalized spacial score (nSPS) is 27.4. The van der Waals surface area contributed by atoms with E-state index in [1.165, 1.54) is 5.56 Å². The molecule has 1 atom stereocenters. The van der Waals surface area contributed by atoms with E-state index in [9.17, 15) is 4.79 Å². The third-order valence-electron chi connectivity index (χ3n) is 3.68. The Morgan fingerprint density at radius 1 is 1.37 bits per heavy atom. The van der Waals surface area contributed by atoms with Crippen LogP contribution in [0.1, 0.15) is 18.4 Å². The second-order valence-electron chi connectivity index (χ2n) is 5.15. The number of benzene rings is 1. The summed E-state index contributed by atoms with van der Waals surface area (Å²) in [7, 11) is 0. The van der Waals surface area contributed by atoms with Gasteiger partial charge in [0.15, 0.2) is 0 Å². The molecule has 2 heterocycles. The van der Waals surface area contributed by atoms with Crippen LogP contribution in [-0.2, 0) is 16.1 Å². The Labute approximate surface area is 112 Å². The Hall–Kier alpha value is -1.88. The summed E-state index contributed by atoms with van der Waals surface area (Å²) in [6.07, 6.45) is 1.61. The molecule has 3 rings (SSSR count). The highest BCUT2D eigenvalue weighted by molar-refractivity contribution is 6.01. The molecule has 2 aliphatic heterocycles. The number of piperidine rings is 1. The van der Waals surface area contributed by atoms with Gasteiger partial charge < -0.3 is 10.5 Å². The first-order valence-corrected chi connectivity index (χ1v) is 6.52. The molecule has 1 aromatic rings. The number of rotatable bonds is 2. The molecule has 2 N–H and O–H groups in total. The number of hydrogen-bond acceptors (Lipinski definition) is 4. The molecule has 0 radical (unpaired) electrons. The predicted molar refractivity (Wildman–Crippen MR) is 71.4 cm³/mol. The van der Waals surface area contributed by atoms with Gasteiger partial charge in [-0.3, -0.25) is 9.69 Å². The van der Waals surface area contributed by atoms with E-state index in [1.807, 2.05) is 18.2 Å². The number of nitrogens with two attached hydrogens (primary N) is 1. The van der Waals surface area contributed by atoms with E-state index >= 15 is 0 Å². The van der Waals surface area contributed by atoms with Gasteiger partial charge in [-0.05, 0) is 24.9 Å². The Bertz CT molecular complexity index is 515. The predicted octanol–water partition coefficient (Wildman–Crippen LogP) is 0.893. The Kier molecular flexibility index (Phi) is 2.98. The van der Waals surface area contributed by atoms with Crippen LogP contribution in [0.5, 0.6) is 0 Å². The molecule has 5 heteroatoms. The van der Waals surface area contributed by atoms with Crippen LogP contribution >= 0.6 is 0 Å². The molecule has 0 aromatic heterocycles. The van der Waals surface area contributed by atoms with Gasteiger partial charge in [0.2, 0.25) is 5.60 Å². The van der Waals surface area contributed by atoms with Gasteiger partial charge >= 0.3 is 0 Å². The summed E-state index contributed by atoms with van der Waals surface area (Å²) in [5, 5.41) is 0. The van der Waals surface area contributed by atoms with E-state index in [1.54, 1.807) is 0 Å². The van der Waals surface area contributed by atoms with Crippen molar-refractivity contribution in [2.45, 2.75) is 25.0 Å². The second kappa shape index (κ2) is 4.66. The molecule has 100 valence electrons. The van der Waals surface area contributed by atoms with E-state index in [4.69, 9.17) is 10.5 Å². The highest BCUT2D eigenvalue weighted by Gasteiger charge is 2.48. The molecule has 1 unspecified atom stereocenters. The minimum absolute atomic E-state index is 0.00608. The first kappa shape index (κ1) is 12.2. The number of carbonyl (C=O) groups excluding carboxylic acids is 1. The highest BCUT2D eigenvalue weighted by Crippen LogP contribution is 2.30. The zero-order chi connectivity index (χ0) is 13.3. The molecule has 1 saturated heterocycles. The van der Waals surface area contributed by atoms with Crippen molar-refractivity contribution in [3.8, 4) is 0 Å². The maximum Gasteiger partial charge on any atom is 0.295 e. The number of carbonyl (C=O) groups is 1. The molecular formula is C14H17N3O2. The monoisotopic (exact) mass is 259 g/mol. The molecule has 1 aromatic carbocycles. The van der Waals surface area contributed by atoms with Gasteiger partial charge in [0.25, 0.3) is 11.9 Å². The van der Waals surface area contributed by atoms with Crippen molar-refractivity contribution in [2.75, 3.05) is 13.1 Å². The minimum Gasteiger partial charge on any atom is -0.447 e. The quantitative estimate of drug-likeness (QED) is 0.856. The van der Waals surface area contributed by atoms with Crippen LogP contribution in [0.2, 0.25) is 0 Å². The number of amides is 1. The summed E-state index contributed by atoms with van der Waals surface area (Å²) < 4.78 is 5.51. The fourth-order valence-corrected chi connectivity index (χ4v) is 2.81. The van der Waals surface area contributed by atoms with E-state index < -0.39 is 5.60 Å². The van der Waals surface area contributed by atoms with Crippen LogP contribution < -0.4 is 5.73 Å². The lowest BCUT2D eigenvalue weighted by molar-refractivity contribution is -0.135. The summed E-state index contributed by atoms with van der Waals surface area (Å²) in [6, 6.07) is 10.2. The van der Waals surface area contributed by atoms with Gasteiger partial charge in [0, 0.05) is 13.1 Å². The standard InChI is InChI=1S/C14H17N3O2/c15-13-16-12(18)14(19-13)7-4-8-17(10-14)9-11-5-2-1-3-6-11/h1-3,5-6H,4,7-10H2,(H2,15,16,18). The number of likely N-dealkylation sites (tertiary alicyclic amines) is 1. The molecule has 5 nitrogen and oxygen atoms in total. The van der Waals surface area contributed by atoms with Gasteiger partial charge in [-0.2, -0.15) is 4.99 Å². The van der Waals surface area contributed by atoms with E-state index in [-0.39, 0.29) is 11.9 Å². The minimum atomic E-state index is -0.836. The molecule has 1 amide bonds. The molecule has 0 aliphatic carbocycles. The van der Waals surface area contributed by atoms with Crippen molar-refractivity contribution in [3.05, 3.63) is 35.9 Å². The van der Waals surface area contributed by atoms with Crippen molar-refractivity contribution in [1.29, 1.82) is 0 Å². The summed E-state index contributed by atoms with van der Waals surface area (Å²) in [5.74, 6) is -0.234. The number of amidine groups is 1. The van der Waals surface area contributed by atoms with Crippen molar-refractivity contribution in [3.63, 3.8) is 0 Å². The summed E-state index contributed by atoms with van der Waals surface area (Å²) in [6.45, 7) is 2.34. The van der Waals surface area contributed by atoms with E-state index in [2.05, 4.69) is 22.0 Å². The average molecular weight is 259 g/mol. The highest BCUT2D eigenvalue weighted by atomic mass is 16.5. The largest absolute Gasteiger partial charge is 0.447 e. The molecule has 1 spiro atoms. The Morgan fingerprint density at radius 3 is 2.84 bits per heavy atom. The molecule has 19 heavy (non-hydrogen) atoms. The SMILES string of the molecule is NC1=NC(=O)C2(CCCN(Cc3ccccc3)C2)O1. The van der Waals surface area contributed by atoms with Crippen LogP contribution in [0.4, 0.5) is 0 Å². The second-order valence-corrected chi connectivity index (χ2v) is 5.15. The summed E-state index contributed by atoms with van der Waals surface area (Å²) in [5.41, 5.74) is 5.92. The lowest BCUT2D eigenvalue weighted by Crippen LogP contribution is -2.52. The third kappa shape index (κ3) is 2.33. The fraction of sp³-hybridized carbons (Fsp3) is 0.429. The van der Waals surface area contributed by atoms with Crippen LogP contribution in [-0.4, -0.2) is 35.5 Å². The van der Waals surface area contributed by atoms with Crippen molar-refractivity contribution in [1.82, 2.24) is 4.90 Å². The topological polar surface area (TPSA) is 67.9 Å². The first-order valence-electron chi connectivity index (χ1n) is 6.52. The molecule has 2 aliphatic rings. The van der Waals surface area contributed by atoms with Gasteiger partial charge in [0.05, 0.1) is 0 Å². The van der Waals surface area contributed by atoms with Gasteiger partial charge in [-0.25, -0.2) is 0 Å². The maximum absolute atomic E-state index is 11.9. The van der Waals surface area contributed by atoms with Crippen LogP contribution in [0.25, 0.3) is 0 Å². The third-order valence-corrected chi connectivity index (χ3v) is 3.68. The molecule has 0 bridgehead atoms. The van der Waals surface area contributed by atoms with Crippen molar-refractivity contribution in [2.24, 2.45) is 10.7 Å². The fourth-order valence-electron chi connectivity index (χ4n) is 2.81. The maximum atomic E-state index is 11.9. The lowest BCUT2D eigenvalue weighted by atomic mass is 9.92. The van der Waals surface area contributed by atoms with Crippen LogP contribution in [0.15, 0.2) is 35.3 Å². The zero-order valence-corrected chi connectivity index (χ0v) is 10.7. The van der Waals surface area contributed by atoms with Crippen molar-refractivity contribution < 1.29 is 9.53 Å². The smallest absolute Gasteiger partial charge is 0.295 e. The number of hydrogen-bond donors (Lipinski definition) is 1. The summed E-state index contributed by atoms with van der Waals surface area (Å²) >= 11 is 0. The first-order chi connectivity index (χ1) is 9.18. The number of ether oxygens (including phenoxy) is 1. The van der Waals surface area contributed by atoms with Gasteiger partial charge in [-0.1, -0.05) is 30.3 Å². The average Bonchev–Trinajstić information content (AvgIpc) is 2.65. The zero-order valence-electron chi connectivity index (χ0n) is 10.7. The van der Waals surface area contributed by atoms with E-state index in [0.29, 0.717) is 13.0 Å². The Balaban J connectivity index is 1.71. The Morgan fingerprint density at radius 2 is 2.16 bits per heavy atom. The van der Waals surface area contributed by atoms with Crippen molar-refractivity contribution >= 4 is 11.9 Å². The molecule has 1 fully saturated rings. The van der Waals surface area contributed by atoms with Crippen LogP contribution in [0.3, 0.4) is 0 Å². The van der Waals surface area contributed by atoms with Crippen LogP contribution in [0, 0.1) is 0 Å². The van der Waals surface area contributed by atoms with Gasteiger partial charge in [0.1, 0.15) is 0 Å². The number of aliphatic imine (C=N–C) groups is 1. The molecule has 0 saturated carbocycles. The van der Waals surface area contributed by atoms with E-state index in [0.717, 1.165) is 19.5 Å².